The molecule has 0 bridgehead atoms. The number of aromatic nitrogens is 2. The zero-order valence-electron chi connectivity index (χ0n) is 11.3. The van der Waals surface area contributed by atoms with Gasteiger partial charge in [-0.3, -0.25) is 15.1 Å². The molecule has 0 amide bonds. The van der Waals surface area contributed by atoms with Crippen LogP contribution in [0.15, 0.2) is 30.6 Å². The highest BCUT2D eigenvalue weighted by Gasteiger charge is 2.19. The van der Waals surface area contributed by atoms with Crippen LogP contribution in [0.5, 0.6) is 11.6 Å². The SMILES string of the molecule is COC(=O)c1cncc(Oc2c(C)cccc2[N+](=O)[O-])n1. The standard InChI is InChI=1S/C13H11N3O5/c1-8-4-3-5-10(16(18)19)12(8)21-11-7-14-6-9(15-11)13(17)20-2/h3-7H,1-2H3. The Morgan fingerprint density at radius 3 is 2.76 bits per heavy atom. The topological polar surface area (TPSA) is 104 Å². The highest BCUT2D eigenvalue weighted by Crippen LogP contribution is 2.33. The summed E-state index contributed by atoms with van der Waals surface area (Å²) in [6.07, 6.45) is 2.47. The fraction of sp³-hybridized carbons (Fsp3) is 0.154. The molecule has 108 valence electrons. The summed E-state index contributed by atoms with van der Waals surface area (Å²) in [7, 11) is 1.21. The van der Waals surface area contributed by atoms with Gasteiger partial charge >= 0.3 is 11.7 Å². The maximum absolute atomic E-state index is 11.4. The summed E-state index contributed by atoms with van der Waals surface area (Å²) in [5.74, 6) is -0.652. The number of rotatable bonds is 4. The largest absolute Gasteiger partial charge is 0.464 e. The minimum absolute atomic E-state index is 0.0321. The molecule has 0 radical (unpaired) electrons. The van der Waals surface area contributed by atoms with Crippen molar-refractivity contribution >= 4 is 11.7 Å². The first kappa shape index (κ1) is 14.4. The first-order valence-electron chi connectivity index (χ1n) is 5.85. The van der Waals surface area contributed by atoms with E-state index in [1.165, 1.54) is 25.6 Å². The summed E-state index contributed by atoms with van der Waals surface area (Å²) < 4.78 is 9.94. The van der Waals surface area contributed by atoms with Crippen molar-refractivity contribution in [2.75, 3.05) is 7.11 Å². The van der Waals surface area contributed by atoms with Crippen LogP contribution in [0.4, 0.5) is 5.69 Å². The second kappa shape index (κ2) is 5.95. The monoisotopic (exact) mass is 289 g/mol. The third-order valence-corrected chi connectivity index (χ3v) is 2.60. The molecule has 21 heavy (non-hydrogen) atoms. The number of para-hydroxylation sites is 1. The van der Waals surface area contributed by atoms with E-state index in [1.807, 2.05) is 0 Å². The van der Waals surface area contributed by atoms with Gasteiger partial charge in [0.15, 0.2) is 5.69 Å². The van der Waals surface area contributed by atoms with Gasteiger partial charge in [0.25, 0.3) is 0 Å². The molecule has 0 aliphatic heterocycles. The van der Waals surface area contributed by atoms with Crippen LogP contribution in [0.2, 0.25) is 0 Å². The van der Waals surface area contributed by atoms with Crippen LogP contribution in [-0.2, 0) is 4.74 Å². The summed E-state index contributed by atoms with van der Waals surface area (Å²) in [5.41, 5.74) is 0.320. The number of hydrogen-bond acceptors (Lipinski definition) is 7. The Morgan fingerprint density at radius 2 is 2.10 bits per heavy atom. The Kier molecular flexibility index (Phi) is 4.07. The number of carbonyl (C=O) groups excluding carboxylic acids is 1. The second-order valence-electron chi connectivity index (χ2n) is 4.02. The molecule has 2 aromatic rings. The van der Waals surface area contributed by atoms with Gasteiger partial charge in [0.05, 0.1) is 24.4 Å². The number of methoxy groups -OCH3 is 1. The molecule has 0 saturated heterocycles. The fourth-order valence-electron chi connectivity index (χ4n) is 1.62. The molecule has 2 rings (SSSR count). The van der Waals surface area contributed by atoms with Crippen molar-refractivity contribution in [3.63, 3.8) is 0 Å². The Hall–Kier alpha value is -3.03. The Labute approximate surface area is 119 Å². The van der Waals surface area contributed by atoms with Crippen molar-refractivity contribution in [1.82, 2.24) is 9.97 Å². The molecule has 0 aliphatic rings. The highest BCUT2D eigenvalue weighted by atomic mass is 16.6. The van der Waals surface area contributed by atoms with Crippen molar-refractivity contribution < 1.29 is 19.2 Å². The quantitative estimate of drug-likeness (QED) is 0.483. The zero-order valence-corrected chi connectivity index (χ0v) is 11.3. The molecular weight excluding hydrogens is 278 g/mol. The number of carbonyl (C=O) groups is 1. The van der Waals surface area contributed by atoms with Gasteiger partial charge in [0.1, 0.15) is 0 Å². The molecule has 1 heterocycles. The maximum Gasteiger partial charge on any atom is 0.358 e. The lowest BCUT2D eigenvalue weighted by Gasteiger charge is -2.08. The van der Waals surface area contributed by atoms with Gasteiger partial charge in [-0.1, -0.05) is 12.1 Å². The second-order valence-corrected chi connectivity index (χ2v) is 4.02. The third kappa shape index (κ3) is 3.11. The lowest BCUT2D eigenvalue weighted by atomic mass is 10.2. The number of esters is 1. The van der Waals surface area contributed by atoms with Crippen LogP contribution in [0, 0.1) is 17.0 Å². The van der Waals surface area contributed by atoms with Crippen molar-refractivity contribution in [3.8, 4) is 11.6 Å². The van der Waals surface area contributed by atoms with E-state index in [0.29, 0.717) is 5.56 Å². The molecule has 0 unspecified atom stereocenters. The minimum Gasteiger partial charge on any atom is -0.464 e. The maximum atomic E-state index is 11.4. The van der Waals surface area contributed by atoms with Gasteiger partial charge in [0, 0.05) is 6.07 Å². The number of aryl methyl sites for hydroxylation is 1. The van der Waals surface area contributed by atoms with Crippen molar-refractivity contribution in [3.05, 3.63) is 52.0 Å². The van der Waals surface area contributed by atoms with Gasteiger partial charge in [0.2, 0.25) is 11.6 Å². The first-order valence-corrected chi connectivity index (χ1v) is 5.85. The minimum atomic E-state index is -0.674. The predicted molar refractivity (Wildman–Crippen MR) is 71.3 cm³/mol. The molecule has 0 fully saturated rings. The molecular formula is C13H11N3O5. The average Bonchev–Trinajstić information content (AvgIpc) is 2.48. The molecule has 1 aromatic carbocycles. The van der Waals surface area contributed by atoms with Crippen molar-refractivity contribution in [2.24, 2.45) is 0 Å². The lowest BCUT2D eigenvalue weighted by Crippen LogP contribution is -2.06. The van der Waals surface area contributed by atoms with Gasteiger partial charge < -0.3 is 9.47 Å². The summed E-state index contributed by atoms with van der Waals surface area (Å²) in [6, 6.07) is 4.54. The molecule has 8 heteroatoms. The molecule has 8 nitrogen and oxygen atoms in total. The first-order chi connectivity index (χ1) is 10.0. The van der Waals surface area contributed by atoms with Gasteiger partial charge in [-0.05, 0) is 12.5 Å². The Bertz CT molecular complexity index is 702. The molecule has 0 atom stereocenters. The summed E-state index contributed by atoms with van der Waals surface area (Å²) in [6.45, 7) is 1.67. The van der Waals surface area contributed by atoms with Crippen LogP contribution >= 0.6 is 0 Å². The number of nitrogens with zero attached hydrogens (tertiary/aromatic N) is 3. The predicted octanol–water partition coefficient (Wildman–Crippen LogP) is 2.27. The van der Waals surface area contributed by atoms with Crippen LogP contribution in [0.3, 0.4) is 0 Å². The van der Waals surface area contributed by atoms with E-state index in [4.69, 9.17) is 4.74 Å². The van der Waals surface area contributed by atoms with E-state index in [0.717, 1.165) is 0 Å². The van der Waals surface area contributed by atoms with Crippen molar-refractivity contribution in [1.29, 1.82) is 0 Å². The number of nitro benzene ring substituents is 1. The van der Waals surface area contributed by atoms with E-state index in [-0.39, 0.29) is 23.0 Å². The highest BCUT2D eigenvalue weighted by molar-refractivity contribution is 5.86. The Balaban J connectivity index is 2.39. The van der Waals surface area contributed by atoms with Crippen LogP contribution in [0.25, 0.3) is 0 Å². The lowest BCUT2D eigenvalue weighted by molar-refractivity contribution is -0.385. The van der Waals surface area contributed by atoms with Crippen molar-refractivity contribution in [2.45, 2.75) is 6.92 Å². The summed E-state index contributed by atoms with van der Waals surface area (Å²) in [5, 5.41) is 11.0. The molecule has 0 N–H and O–H groups in total. The molecule has 1 aromatic heterocycles. The van der Waals surface area contributed by atoms with E-state index in [9.17, 15) is 14.9 Å². The normalized spacial score (nSPS) is 10.0. The van der Waals surface area contributed by atoms with E-state index < -0.39 is 10.9 Å². The molecule has 0 saturated carbocycles. The zero-order chi connectivity index (χ0) is 15.4. The Morgan fingerprint density at radius 1 is 1.33 bits per heavy atom. The van der Waals surface area contributed by atoms with E-state index in [2.05, 4.69) is 14.7 Å². The number of benzene rings is 1. The number of ether oxygens (including phenoxy) is 2. The average molecular weight is 289 g/mol. The van der Waals surface area contributed by atoms with E-state index in [1.54, 1.807) is 19.1 Å². The van der Waals surface area contributed by atoms with Crippen LogP contribution in [-0.4, -0.2) is 28.0 Å². The van der Waals surface area contributed by atoms with E-state index >= 15 is 0 Å². The van der Waals surface area contributed by atoms with Crippen LogP contribution < -0.4 is 4.74 Å². The smallest absolute Gasteiger partial charge is 0.358 e. The van der Waals surface area contributed by atoms with Gasteiger partial charge in [-0.15, -0.1) is 0 Å². The molecule has 0 spiro atoms. The number of hydrogen-bond donors (Lipinski definition) is 0. The third-order valence-electron chi connectivity index (χ3n) is 2.60. The van der Waals surface area contributed by atoms with Gasteiger partial charge in [-0.2, -0.15) is 0 Å². The number of nitro groups is 1. The summed E-state index contributed by atoms with van der Waals surface area (Å²) in [4.78, 5) is 29.5. The van der Waals surface area contributed by atoms with Gasteiger partial charge in [-0.25, -0.2) is 9.78 Å². The summed E-state index contributed by atoms with van der Waals surface area (Å²) >= 11 is 0. The fourth-order valence-corrected chi connectivity index (χ4v) is 1.62. The van der Waals surface area contributed by atoms with Crippen LogP contribution in [0.1, 0.15) is 16.1 Å². The molecule has 0 aliphatic carbocycles.